The molecule has 7 rings (SSSR count). The van der Waals surface area contributed by atoms with Gasteiger partial charge in [-0.3, -0.25) is 33.7 Å². The second-order valence-corrected chi connectivity index (χ2v) is 22.8. The van der Waals surface area contributed by atoms with E-state index in [1.54, 1.807) is 11.3 Å². The smallest absolute Gasteiger partial charge is 0.246 e. The van der Waals surface area contributed by atoms with Crippen molar-refractivity contribution in [3.05, 3.63) is 105 Å². The van der Waals surface area contributed by atoms with Crippen LogP contribution < -0.4 is 26.2 Å². The summed E-state index contributed by atoms with van der Waals surface area (Å²) in [6, 6.07) is 13.8. The van der Waals surface area contributed by atoms with Gasteiger partial charge in [-0.15, -0.1) is 11.3 Å². The fraction of sp³-hybridized carbons (Fsp3) is 0.475. The summed E-state index contributed by atoms with van der Waals surface area (Å²) in [6.45, 7) is 19.7. The molecule has 0 bridgehead atoms. The van der Waals surface area contributed by atoms with Crippen LogP contribution in [0.5, 0.6) is 0 Å². The van der Waals surface area contributed by atoms with Crippen molar-refractivity contribution in [2.24, 2.45) is 5.41 Å². The lowest BCUT2D eigenvalue weighted by Crippen LogP contribution is -2.57. The number of benzene rings is 2. The Bertz CT molecular complexity index is 2880. The number of hydrogen-bond acceptors (Lipinski definition) is 14. The van der Waals surface area contributed by atoms with Gasteiger partial charge in [0.15, 0.2) is 11.6 Å². The molecule has 1 aliphatic carbocycles. The fourth-order valence-electron chi connectivity index (χ4n) is 10.2. The first kappa shape index (κ1) is 57.8. The molecule has 410 valence electrons. The summed E-state index contributed by atoms with van der Waals surface area (Å²) in [5.41, 5.74) is 9.88. The summed E-state index contributed by atoms with van der Waals surface area (Å²) >= 11 is 1.57. The van der Waals surface area contributed by atoms with E-state index in [4.69, 9.17) is 10.4 Å². The average molecular weight is 1070 g/mol. The van der Waals surface area contributed by atoms with Crippen molar-refractivity contribution in [3.8, 4) is 21.6 Å². The molecule has 4 heterocycles. The highest BCUT2D eigenvalue weighted by atomic mass is 32.1. The molecular weight excluding hydrogens is 993 g/mol. The van der Waals surface area contributed by atoms with Crippen molar-refractivity contribution >= 4 is 64.3 Å². The van der Waals surface area contributed by atoms with E-state index in [1.807, 2.05) is 122 Å². The number of thiazole rings is 1. The van der Waals surface area contributed by atoms with E-state index in [-0.39, 0.29) is 80.5 Å². The van der Waals surface area contributed by atoms with Crippen LogP contribution in [0.3, 0.4) is 0 Å². The Morgan fingerprint density at radius 3 is 2.25 bits per heavy atom. The third kappa shape index (κ3) is 15.2. The van der Waals surface area contributed by atoms with Gasteiger partial charge in [0.05, 0.1) is 22.2 Å². The number of piperazine rings is 1. The molecule has 77 heavy (non-hydrogen) atoms. The Labute approximate surface area is 456 Å². The largest absolute Gasteiger partial charge is 0.391 e. The van der Waals surface area contributed by atoms with E-state index in [0.717, 1.165) is 76.0 Å². The molecule has 0 unspecified atom stereocenters. The van der Waals surface area contributed by atoms with E-state index < -0.39 is 29.5 Å². The average Bonchev–Trinajstić information content (AvgIpc) is 4.01. The van der Waals surface area contributed by atoms with Crippen molar-refractivity contribution in [2.75, 3.05) is 56.0 Å². The fourth-order valence-corrected chi connectivity index (χ4v) is 11.1. The Morgan fingerprint density at radius 2 is 1.61 bits per heavy atom. The third-order valence-corrected chi connectivity index (χ3v) is 15.4. The van der Waals surface area contributed by atoms with Gasteiger partial charge in [0.25, 0.3) is 0 Å². The van der Waals surface area contributed by atoms with Gasteiger partial charge in [0.2, 0.25) is 23.6 Å². The predicted octanol–water partition coefficient (Wildman–Crippen LogP) is 7.41. The molecule has 0 spiro atoms. The molecular formula is C59H76N10O7S. The minimum Gasteiger partial charge on any atom is -0.391 e. The molecule has 0 saturated carbocycles. The first-order chi connectivity index (χ1) is 36.7. The van der Waals surface area contributed by atoms with E-state index in [1.165, 1.54) is 11.1 Å². The van der Waals surface area contributed by atoms with Crippen molar-refractivity contribution in [2.45, 2.75) is 131 Å². The van der Waals surface area contributed by atoms with Crippen molar-refractivity contribution in [3.63, 3.8) is 0 Å². The lowest BCUT2D eigenvalue weighted by atomic mass is 9.85. The number of pyridine rings is 1. The van der Waals surface area contributed by atoms with E-state index in [9.17, 15) is 33.9 Å². The Balaban J connectivity index is 0.836. The van der Waals surface area contributed by atoms with Crippen LogP contribution in [-0.2, 0) is 30.5 Å². The number of nitrogens with one attached hydrogen (secondary N) is 5. The number of β-amino-alcohol motifs (C(OH)–C–C–N with tert-alkyl or cyclic N) is 1. The number of carbonyl (C=O) groups is 6. The topological polar surface area (TPSA) is 230 Å². The zero-order valence-electron chi connectivity index (χ0n) is 45.9. The van der Waals surface area contributed by atoms with E-state index in [2.05, 4.69) is 36.1 Å². The first-order valence-corrected chi connectivity index (χ1v) is 27.7. The number of likely N-dealkylation sites (tertiary alicyclic amines) is 1. The highest BCUT2D eigenvalue weighted by molar-refractivity contribution is 7.13. The lowest BCUT2D eigenvalue weighted by Gasteiger charge is -2.35. The van der Waals surface area contributed by atoms with Gasteiger partial charge in [0.1, 0.15) is 17.9 Å². The van der Waals surface area contributed by atoms with Crippen LogP contribution in [0.1, 0.15) is 121 Å². The molecule has 6 N–H and O–H groups in total. The van der Waals surface area contributed by atoms with Crippen LogP contribution in [0, 0.1) is 17.7 Å². The molecule has 17 nitrogen and oxygen atoms in total. The number of amides is 4. The standard InChI is InChI=1S/C59H76N10O7S/c1-36(2)65-48-29-43(28-46(47(48)31-60)50(71)18-17-45-38(4)26-37(3)27-51(45)72)42-16-19-52(62-33-42)68-24-22-67(23-25-68)21-20-61-53(73)10-9-11-54(74)66-56(59(6,7)8)58(76)69-34-44(70)30-49(69)57(75)63-32-40-12-14-41(15-13-40)55-39(5)64-35-77-55/h12-16,19,26,28-29,31,33,35-36,44,49,56,60,65,70H,9-11,17-18,20-25,27,30,32,34H2,1-8H3,(H,61,73)(H,63,75)(H,66,74)/t44-,49+,56-/m1/s1. The molecule has 2 aliphatic heterocycles. The third-order valence-electron chi connectivity index (χ3n) is 14.4. The Hall–Kier alpha value is -6.89. The summed E-state index contributed by atoms with van der Waals surface area (Å²) in [5.74, 6) is -0.591. The van der Waals surface area contributed by atoms with Gasteiger partial charge < -0.3 is 41.6 Å². The molecule has 4 amide bonds. The second kappa shape index (κ2) is 26.0. The van der Waals surface area contributed by atoms with Gasteiger partial charge >= 0.3 is 0 Å². The maximum absolute atomic E-state index is 14.1. The maximum atomic E-state index is 14.1. The summed E-state index contributed by atoms with van der Waals surface area (Å²) in [5, 5.41) is 31.1. The van der Waals surface area contributed by atoms with Crippen molar-refractivity contribution < 1.29 is 33.9 Å². The van der Waals surface area contributed by atoms with Crippen LogP contribution in [0.2, 0.25) is 0 Å². The van der Waals surface area contributed by atoms with Crippen LogP contribution in [0.15, 0.2) is 83.0 Å². The predicted molar refractivity (Wildman–Crippen MR) is 303 cm³/mol. The SMILES string of the molecule is CC1=CC(C)=C(CCC(=O)c2cc(-c3ccc(N4CCN(CCNC(=O)CCCC(=O)N[C@H](C(=O)N5C[C@H](O)C[C@H]5C(=O)NCc5ccc(-c6scnc6C)cc5)C(C)(C)C)CC4)nc3)cc(NC(C)C)c2C=N)C(=O)C1. The number of aliphatic hydroxyl groups is 1. The van der Waals surface area contributed by atoms with Gasteiger partial charge in [-0.2, -0.15) is 0 Å². The van der Waals surface area contributed by atoms with Crippen LogP contribution >= 0.6 is 11.3 Å². The molecule has 2 saturated heterocycles. The number of Topliss-reactive ketones (excluding diaryl/α,β-unsaturated/α-hetero) is 2. The van der Waals surface area contributed by atoms with Crippen LogP contribution in [0.25, 0.3) is 21.6 Å². The number of nitrogens with zero attached hydrogens (tertiary/aromatic N) is 5. The van der Waals surface area contributed by atoms with Gasteiger partial charge in [-0.25, -0.2) is 9.97 Å². The minimum absolute atomic E-state index is 0.0251. The number of aromatic nitrogens is 2. The molecule has 2 aromatic carbocycles. The zero-order valence-corrected chi connectivity index (χ0v) is 46.7. The normalized spacial score (nSPS) is 17.5. The minimum atomic E-state index is -0.963. The molecule has 2 fully saturated rings. The van der Waals surface area contributed by atoms with Gasteiger partial charge in [0, 0.05) is 125 Å². The number of carbonyl (C=O) groups excluding carboxylic acids is 6. The number of aryl methyl sites for hydroxylation is 1. The lowest BCUT2D eigenvalue weighted by molar-refractivity contribution is -0.144. The molecule has 2 aromatic heterocycles. The summed E-state index contributed by atoms with van der Waals surface area (Å²) in [7, 11) is 0. The van der Waals surface area contributed by atoms with Crippen molar-refractivity contribution in [1.29, 1.82) is 5.41 Å². The number of hydrogen-bond donors (Lipinski definition) is 6. The molecule has 4 aromatic rings. The number of rotatable bonds is 22. The first-order valence-electron chi connectivity index (χ1n) is 26.8. The van der Waals surface area contributed by atoms with E-state index >= 15 is 0 Å². The van der Waals surface area contributed by atoms with Crippen LogP contribution in [-0.4, -0.2) is 136 Å². The quantitative estimate of drug-likeness (QED) is 0.0334. The number of anilines is 2. The zero-order chi connectivity index (χ0) is 55.6. The molecule has 0 radical (unpaired) electrons. The monoisotopic (exact) mass is 1070 g/mol. The highest BCUT2D eigenvalue weighted by Crippen LogP contribution is 2.33. The maximum Gasteiger partial charge on any atom is 0.246 e. The Kier molecular flexibility index (Phi) is 19.5. The number of aliphatic hydroxyl groups excluding tert-OH is 1. The molecule has 3 aliphatic rings. The second-order valence-electron chi connectivity index (χ2n) is 22.0. The molecule has 3 atom stereocenters. The van der Waals surface area contributed by atoms with Crippen LogP contribution in [0.4, 0.5) is 11.5 Å². The summed E-state index contributed by atoms with van der Waals surface area (Å²) in [4.78, 5) is 96.5. The number of allylic oxidation sites excluding steroid dienone is 4. The summed E-state index contributed by atoms with van der Waals surface area (Å²) < 4.78 is 0. The highest BCUT2D eigenvalue weighted by Gasteiger charge is 2.44. The van der Waals surface area contributed by atoms with Gasteiger partial charge in [-0.1, -0.05) is 56.7 Å². The van der Waals surface area contributed by atoms with Crippen molar-refractivity contribution in [1.82, 2.24) is 35.7 Å². The summed E-state index contributed by atoms with van der Waals surface area (Å²) in [6.07, 6.45) is 5.59. The van der Waals surface area contributed by atoms with E-state index in [0.29, 0.717) is 48.3 Å². The Morgan fingerprint density at radius 1 is 0.896 bits per heavy atom. The molecule has 18 heteroatoms. The number of ketones is 2. The van der Waals surface area contributed by atoms with Gasteiger partial charge in [-0.05, 0) is 105 Å².